The van der Waals surface area contributed by atoms with E-state index in [9.17, 15) is 14.7 Å². The summed E-state index contributed by atoms with van der Waals surface area (Å²) >= 11 is 0. The molecule has 1 saturated heterocycles. The van der Waals surface area contributed by atoms with Crippen LogP contribution in [0.15, 0.2) is 22.6 Å². The normalized spacial score (nSPS) is 14.8. The van der Waals surface area contributed by atoms with E-state index < -0.39 is 11.5 Å². The molecule has 3 aromatic rings. The summed E-state index contributed by atoms with van der Waals surface area (Å²) in [6, 6.07) is 5.51. The molecule has 2 aromatic heterocycles. The van der Waals surface area contributed by atoms with Gasteiger partial charge in [0.1, 0.15) is 16.8 Å². The molecule has 0 bridgehead atoms. The fourth-order valence-electron chi connectivity index (χ4n) is 3.53. The zero-order chi connectivity index (χ0) is 23.0. The fraction of sp³-hybridized carbons (Fsp3) is 0.455. The van der Waals surface area contributed by atoms with Gasteiger partial charge in [0.2, 0.25) is 11.9 Å². The van der Waals surface area contributed by atoms with Crippen LogP contribution in [-0.4, -0.2) is 64.8 Å². The summed E-state index contributed by atoms with van der Waals surface area (Å²) in [6.07, 6.45) is -0.942. The monoisotopic (exact) mass is 441 g/mol. The van der Waals surface area contributed by atoms with Crippen molar-refractivity contribution >= 4 is 45.8 Å². The maximum atomic E-state index is 12.6. The summed E-state index contributed by atoms with van der Waals surface area (Å²) in [7, 11) is 0. The fourth-order valence-corrected chi connectivity index (χ4v) is 3.53. The minimum absolute atomic E-state index is 0.178. The van der Waals surface area contributed by atoms with Gasteiger partial charge in [-0.2, -0.15) is 4.98 Å². The standard InChI is InChI=1S/C22H27N5O5/c1-5-31-13-6-7-15-14(12-13)16-17(32-15)18(26-8-10-27(11-9-26)21(29)30)24-20(23-16)25-19(28)22(2,3)4/h6-7,12H,5,8-11H2,1-4H3,(H,29,30)(H,23,24,25,28). The van der Waals surface area contributed by atoms with E-state index in [1.165, 1.54) is 4.90 Å². The lowest BCUT2D eigenvalue weighted by Crippen LogP contribution is -2.48. The molecular weight excluding hydrogens is 414 g/mol. The topological polar surface area (TPSA) is 121 Å². The van der Waals surface area contributed by atoms with Crippen LogP contribution in [0, 0.1) is 5.41 Å². The number of nitrogens with zero attached hydrogens (tertiary/aromatic N) is 4. The van der Waals surface area contributed by atoms with Gasteiger partial charge in [0.05, 0.1) is 12.0 Å². The number of furan rings is 1. The SMILES string of the molecule is CCOc1ccc2oc3c(N4CCN(C(=O)O)CC4)nc(NC(=O)C(C)(C)C)nc3c2c1. The highest BCUT2D eigenvalue weighted by Crippen LogP contribution is 2.36. The predicted octanol–water partition coefficient (Wildman–Crippen LogP) is 3.56. The van der Waals surface area contributed by atoms with Crippen LogP contribution in [0.4, 0.5) is 16.6 Å². The number of hydrogen-bond donors (Lipinski definition) is 2. The molecule has 2 amide bonds. The first kappa shape index (κ1) is 21.7. The number of carboxylic acid groups (broad SMARTS) is 1. The Bertz CT molecular complexity index is 1170. The van der Waals surface area contributed by atoms with Gasteiger partial charge in [-0.15, -0.1) is 0 Å². The van der Waals surface area contributed by atoms with Crippen molar-refractivity contribution in [3.8, 4) is 5.75 Å². The number of anilines is 2. The highest BCUT2D eigenvalue weighted by Gasteiger charge is 2.28. The number of nitrogens with one attached hydrogen (secondary N) is 1. The summed E-state index contributed by atoms with van der Waals surface area (Å²) in [5, 5.41) is 12.8. The number of piperazine rings is 1. The molecule has 1 aliphatic heterocycles. The van der Waals surface area contributed by atoms with Crippen LogP contribution < -0.4 is 15.0 Å². The number of benzene rings is 1. The maximum absolute atomic E-state index is 12.6. The Morgan fingerprint density at radius 3 is 2.53 bits per heavy atom. The summed E-state index contributed by atoms with van der Waals surface area (Å²) in [6.45, 7) is 9.48. The van der Waals surface area contributed by atoms with Crippen molar-refractivity contribution in [2.75, 3.05) is 43.0 Å². The highest BCUT2D eigenvalue weighted by molar-refractivity contribution is 6.07. The second-order valence-electron chi connectivity index (χ2n) is 8.70. The van der Waals surface area contributed by atoms with Crippen LogP contribution >= 0.6 is 0 Å². The summed E-state index contributed by atoms with van der Waals surface area (Å²) in [4.78, 5) is 36.4. The number of hydrogen-bond acceptors (Lipinski definition) is 7. The third-order valence-electron chi connectivity index (χ3n) is 5.33. The van der Waals surface area contributed by atoms with E-state index >= 15 is 0 Å². The Hall–Kier alpha value is -3.56. The molecule has 1 aromatic carbocycles. The van der Waals surface area contributed by atoms with Crippen LogP contribution in [0.1, 0.15) is 27.7 Å². The van der Waals surface area contributed by atoms with E-state index in [2.05, 4.69) is 15.3 Å². The van der Waals surface area contributed by atoms with Crippen molar-refractivity contribution in [2.45, 2.75) is 27.7 Å². The molecule has 10 nitrogen and oxygen atoms in total. The van der Waals surface area contributed by atoms with Gasteiger partial charge in [-0.05, 0) is 25.1 Å². The molecule has 2 N–H and O–H groups in total. The van der Waals surface area contributed by atoms with Crippen molar-refractivity contribution in [1.82, 2.24) is 14.9 Å². The highest BCUT2D eigenvalue weighted by atomic mass is 16.5. The van der Waals surface area contributed by atoms with Crippen molar-refractivity contribution in [3.63, 3.8) is 0 Å². The number of carbonyl (C=O) groups excluding carboxylic acids is 1. The molecule has 170 valence electrons. The van der Waals surface area contributed by atoms with Crippen LogP contribution in [-0.2, 0) is 4.79 Å². The Morgan fingerprint density at radius 2 is 1.91 bits per heavy atom. The number of aromatic nitrogens is 2. The van der Waals surface area contributed by atoms with E-state index in [0.717, 1.165) is 5.39 Å². The summed E-state index contributed by atoms with van der Waals surface area (Å²) < 4.78 is 11.7. The molecule has 3 heterocycles. The third kappa shape index (κ3) is 4.12. The average Bonchev–Trinajstić information content (AvgIpc) is 3.11. The largest absolute Gasteiger partial charge is 0.494 e. The molecule has 0 radical (unpaired) electrons. The lowest BCUT2D eigenvalue weighted by molar-refractivity contribution is -0.123. The van der Waals surface area contributed by atoms with Crippen molar-refractivity contribution < 1.29 is 23.8 Å². The van der Waals surface area contributed by atoms with E-state index in [1.54, 1.807) is 0 Å². The average molecular weight is 441 g/mol. The summed E-state index contributed by atoms with van der Waals surface area (Å²) in [5.41, 5.74) is 1.07. The Kier molecular flexibility index (Phi) is 5.53. The molecule has 4 rings (SSSR count). The van der Waals surface area contributed by atoms with Crippen LogP contribution in [0.25, 0.3) is 22.1 Å². The van der Waals surface area contributed by atoms with Crippen LogP contribution in [0.3, 0.4) is 0 Å². The van der Waals surface area contributed by atoms with Gasteiger partial charge in [-0.25, -0.2) is 9.78 Å². The zero-order valence-corrected chi connectivity index (χ0v) is 18.6. The van der Waals surface area contributed by atoms with E-state index in [4.69, 9.17) is 9.15 Å². The Morgan fingerprint density at radius 1 is 1.19 bits per heavy atom. The molecule has 0 saturated carbocycles. The number of amides is 2. The van der Waals surface area contributed by atoms with Crippen LogP contribution in [0.2, 0.25) is 0 Å². The molecule has 1 aliphatic rings. The minimum atomic E-state index is -0.942. The van der Waals surface area contributed by atoms with E-state index in [1.807, 2.05) is 50.8 Å². The first-order chi connectivity index (χ1) is 15.2. The Balaban J connectivity index is 1.82. The second kappa shape index (κ2) is 8.18. The second-order valence-corrected chi connectivity index (χ2v) is 8.70. The van der Waals surface area contributed by atoms with Crippen molar-refractivity contribution in [2.24, 2.45) is 5.41 Å². The van der Waals surface area contributed by atoms with Crippen molar-refractivity contribution in [1.29, 1.82) is 0 Å². The molecule has 0 atom stereocenters. The quantitative estimate of drug-likeness (QED) is 0.630. The van der Waals surface area contributed by atoms with Gasteiger partial charge >= 0.3 is 6.09 Å². The molecule has 0 aliphatic carbocycles. The van der Waals surface area contributed by atoms with Gasteiger partial charge in [0, 0.05) is 31.6 Å². The summed E-state index contributed by atoms with van der Waals surface area (Å²) in [5.74, 6) is 1.19. The van der Waals surface area contributed by atoms with Gasteiger partial charge in [0.25, 0.3) is 0 Å². The number of ether oxygens (including phenoxy) is 1. The number of fused-ring (bicyclic) bond motifs is 3. The van der Waals surface area contributed by atoms with Gasteiger partial charge in [-0.3, -0.25) is 10.1 Å². The van der Waals surface area contributed by atoms with E-state index in [0.29, 0.717) is 61.0 Å². The molecule has 0 unspecified atom stereocenters. The Labute approximate surface area is 185 Å². The van der Waals surface area contributed by atoms with Crippen molar-refractivity contribution in [3.05, 3.63) is 18.2 Å². The van der Waals surface area contributed by atoms with Gasteiger partial charge < -0.3 is 24.1 Å². The molecule has 10 heteroatoms. The molecule has 0 spiro atoms. The minimum Gasteiger partial charge on any atom is -0.494 e. The zero-order valence-electron chi connectivity index (χ0n) is 18.6. The lowest BCUT2D eigenvalue weighted by atomic mass is 9.96. The van der Waals surface area contributed by atoms with Gasteiger partial charge in [0.15, 0.2) is 11.4 Å². The molecular formula is C22H27N5O5. The molecule has 32 heavy (non-hydrogen) atoms. The van der Waals surface area contributed by atoms with E-state index in [-0.39, 0.29) is 11.9 Å². The number of carbonyl (C=O) groups is 2. The van der Waals surface area contributed by atoms with Gasteiger partial charge in [-0.1, -0.05) is 20.8 Å². The third-order valence-corrected chi connectivity index (χ3v) is 5.33. The lowest BCUT2D eigenvalue weighted by Gasteiger charge is -2.33. The first-order valence-electron chi connectivity index (χ1n) is 10.6. The maximum Gasteiger partial charge on any atom is 0.407 e. The van der Waals surface area contributed by atoms with Crippen LogP contribution in [0.5, 0.6) is 5.75 Å². The smallest absolute Gasteiger partial charge is 0.407 e. The molecule has 1 fully saturated rings. The predicted molar refractivity (Wildman–Crippen MR) is 120 cm³/mol. The first-order valence-corrected chi connectivity index (χ1v) is 10.6. The number of rotatable bonds is 4.